The number of hydrogen-bond donors (Lipinski definition) is 15. The van der Waals surface area contributed by atoms with Crippen molar-refractivity contribution in [2.45, 2.75) is 313 Å². The molecule has 124 heavy (non-hydrogen) atoms. The second-order valence-corrected chi connectivity index (χ2v) is 36.7. The van der Waals surface area contributed by atoms with E-state index in [2.05, 4.69) is 132 Å². The zero-order chi connectivity index (χ0) is 88.3. The number of aromatic nitrogens is 10. The SMILES string of the molecule is C=C(N)c1cnc(NC2CCC2)nc1NC1CCC(C(=O)N(C)C)CC1.C=C(N)c1cnc(NC2CCC2)nc1NC1CCC(OCC)CC1.CC(C)CC(=O)NC1CCC(Cc2nc(NC3CC3)ncc2C(N)=O)CC1.CCNC(=O)C1CCC(Cc2nc(NC3CC3)ncc2C(N)=O)CC1.NC(=O)c1cnc(NC2CC2)nc1CC1CCC(CO)CC1. The molecular formula is C91H141N25O8. The van der Waals surface area contributed by atoms with Crippen LogP contribution in [0.25, 0.3) is 11.4 Å². The molecule has 5 heterocycles. The topological polar surface area (TPSA) is 502 Å². The predicted molar refractivity (Wildman–Crippen MR) is 485 cm³/mol. The lowest BCUT2D eigenvalue weighted by Gasteiger charge is -2.31. The highest BCUT2D eigenvalue weighted by molar-refractivity contribution is 5.95. The minimum Gasteiger partial charge on any atom is -0.399 e. The third kappa shape index (κ3) is 30.0. The van der Waals surface area contributed by atoms with Crippen LogP contribution in [0.15, 0.2) is 44.1 Å². The smallest absolute Gasteiger partial charge is 0.252 e. The van der Waals surface area contributed by atoms with Crippen molar-refractivity contribution < 1.29 is 38.6 Å². The van der Waals surface area contributed by atoms with Gasteiger partial charge in [0.15, 0.2) is 0 Å². The molecule has 0 bridgehead atoms. The highest BCUT2D eigenvalue weighted by Crippen LogP contribution is 2.37. The van der Waals surface area contributed by atoms with Crippen LogP contribution in [-0.2, 0) is 38.4 Å². The number of primary amides is 3. The predicted octanol–water partition coefficient (Wildman–Crippen LogP) is 11.1. The van der Waals surface area contributed by atoms with E-state index in [-0.39, 0.29) is 48.2 Å². The van der Waals surface area contributed by atoms with Gasteiger partial charge >= 0.3 is 0 Å². The van der Waals surface area contributed by atoms with Crippen LogP contribution < -0.4 is 76.5 Å². The van der Waals surface area contributed by atoms with E-state index < -0.39 is 17.7 Å². The van der Waals surface area contributed by atoms with Crippen molar-refractivity contribution in [2.75, 3.05) is 71.1 Å². The van der Waals surface area contributed by atoms with Gasteiger partial charge in [0.2, 0.25) is 47.5 Å². The summed E-state index contributed by atoms with van der Waals surface area (Å²) in [5, 5.41) is 38.9. The van der Waals surface area contributed by atoms with Gasteiger partial charge in [0.05, 0.1) is 51.0 Å². The van der Waals surface area contributed by atoms with Crippen molar-refractivity contribution in [3.8, 4) is 0 Å². The number of nitrogens with zero attached hydrogens (tertiary/aromatic N) is 11. The van der Waals surface area contributed by atoms with Crippen molar-refractivity contribution in [2.24, 2.45) is 70.1 Å². The second kappa shape index (κ2) is 46.7. The van der Waals surface area contributed by atoms with E-state index in [9.17, 15) is 33.9 Å². The molecule has 6 amide bonds. The molecule has 5 aromatic heterocycles. The minimum absolute atomic E-state index is 0.115. The molecule has 0 atom stereocenters. The lowest BCUT2D eigenvalue weighted by Crippen LogP contribution is -2.38. The fourth-order valence-corrected chi connectivity index (χ4v) is 17.2. The molecule has 0 aliphatic heterocycles. The third-order valence-electron chi connectivity index (χ3n) is 25.6. The number of rotatable bonds is 34. The average molecular weight is 1710 g/mol. The number of ether oxygens (including phenoxy) is 1. The Morgan fingerprint density at radius 3 is 1.06 bits per heavy atom. The first-order valence-electron chi connectivity index (χ1n) is 46.2. The first-order chi connectivity index (χ1) is 59.7. The number of carbonyl (C=O) groups is 6. The highest BCUT2D eigenvalue weighted by Gasteiger charge is 2.34. The fourth-order valence-electron chi connectivity index (χ4n) is 17.2. The number of nitrogens with two attached hydrogens (primary N) is 5. The molecule has 5 aromatic rings. The molecule has 10 saturated carbocycles. The van der Waals surface area contributed by atoms with Crippen molar-refractivity contribution in [1.82, 2.24) is 65.4 Å². The maximum absolute atomic E-state index is 12.1. The van der Waals surface area contributed by atoms with Gasteiger partial charge in [-0.3, -0.25) is 28.8 Å². The normalized spacial score (nSPS) is 23.5. The van der Waals surface area contributed by atoms with Gasteiger partial charge in [0, 0.05) is 143 Å². The Labute approximate surface area is 732 Å². The monoisotopic (exact) mass is 1710 g/mol. The Bertz CT molecular complexity index is 4340. The molecular weight excluding hydrogens is 1570 g/mol. The Morgan fingerprint density at radius 2 is 0.734 bits per heavy atom. The summed E-state index contributed by atoms with van der Waals surface area (Å²) < 4.78 is 5.73. The average Bonchev–Trinajstić information content (AvgIpc) is 1.33. The van der Waals surface area contributed by atoms with Crippen molar-refractivity contribution >= 4 is 88.2 Å². The Hall–Kier alpha value is -10.2. The zero-order valence-electron chi connectivity index (χ0n) is 74.2. The van der Waals surface area contributed by atoms with Gasteiger partial charge in [0.25, 0.3) is 17.7 Å². The number of nitrogens with one attached hydrogen (secondary N) is 9. The molecule has 10 aliphatic carbocycles. The Kier molecular flexibility index (Phi) is 35.6. The van der Waals surface area contributed by atoms with Crippen LogP contribution in [0.1, 0.15) is 299 Å². The van der Waals surface area contributed by atoms with Crippen LogP contribution in [-0.4, -0.2) is 184 Å². The molecule has 0 spiro atoms. The molecule has 20 N–H and O–H groups in total. The fraction of sp³-hybridized carbons (Fsp3) is 0.670. The van der Waals surface area contributed by atoms with Gasteiger partial charge in [-0.05, 0) is 268 Å². The summed E-state index contributed by atoms with van der Waals surface area (Å²) in [4.78, 5) is 117. The lowest BCUT2D eigenvalue weighted by atomic mass is 9.79. The maximum atomic E-state index is 12.1. The van der Waals surface area contributed by atoms with E-state index in [0.717, 1.165) is 226 Å². The van der Waals surface area contributed by atoms with Gasteiger partial charge in [-0.1, -0.05) is 27.0 Å². The number of aliphatic hydroxyl groups excluding tert-OH is 1. The molecule has 0 radical (unpaired) electrons. The van der Waals surface area contributed by atoms with Crippen molar-refractivity contribution in [3.63, 3.8) is 0 Å². The van der Waals surface area contributed by atoms with Crippen LogP contribution in [0.3, 0.4) is 0 Å². The standard InChI is InChI=1S/C20H31N5O2.C19H30N6O.C18H27N5O2.C18H29N5O.C16H24N4O2/c1-12(2)9-18(26)23-14-5-3-13(4-6-14)10-17-16(19(21)27)11-22-20(25-17)24-15-7-8-15;1-12(20)16-11-21-19(23-14-5-4-6-14)24-17(16)22-15-9-7-13(8-10-15)18(26)25(2)3;1-2-20-17(25)12-5-3-11(4-6-12)9-15-14(16(19)24)10-21-18(23-15)22-13-7-8-13;1-3-24-15-9-7-14(8-10-15)21-17-16(12(2)19)11-20-18(23-17)22-13-5-4-6-13;17-15(22)13-8-18-16(19-12-5-6-12)20-14(13)7-10-1-3-11(9-21)4-2-10/h11-15H,3-10H2,1-2H3,(H2,21,27)(H,23,26)(H,22,24,25);11,13-15H,1,4-10,20H2,2-3H3,(H2,21,22,23,24);10-13H,2-9H2,1H3,(H2,19,24)(H,20,25)(H,21,22,23);11,13-15H,2-10,19H2,1H3,(H2,20,21,22,23);8,10-12,21H,1-7,9H2,(H2,17,22)(H,18,19,20). The van der Waals surface area contributed by atoms with E-state index >= 15 is 0 Å². The van der Waals surface area contributed by atoms with E-state index in [1.54, 1.807) is 29.7 Å². The van der Waals surface area contributed by atoms with Crippen LogP contribution in [0.4, 0.5) is 41.4 Å². The quantitative estimate of drug-likeness (QED) is 0.0182. The number of anilines is 7. The summed E-state index contributed by atoms with van der Waals surface area (Å²) in [6, 6.07) is 3.32. The molecule has 33 heteroatoms. The number of carbonyl (C=O) groups excluding carboxylic acids is 6. The molecule has 0 aromatic carbocycles. The molecule has 0 unspecified atom stereocenters. The van der Waals surface area contributed by atoms with Gasteiger partial charge in [-0.2, -0.15) is 9.97 Å². The number of amides is 6. The molecule has 0 saturated heterocycles. The lowest BCUT2D eigenvalue weighted by molar-refractivity contribution is -0.134. The van der Waals surface area contributed by atoms with E-state index in [0.29, 0.717) is 149 Å². The summed E-state index contributed by atoms with van der Waals surface area (Å²) in [6.07, 6.45) is 45.4. The zero-order valence-corrected chi connectivity index (χ0v) is 74.2. The van der Waals surface area contributed by atoms with Gasteiger partial charge in [-0.25, -0.2) is 39.9 Å². The first-order valence-corrected chi connectivity index (χ1v) is 46.2. The van der Waals surface area contributed by atoms with Crippen molar-refractivity contribution in [1.29, 1.82) is 0 Å². The van der Waals surface area contributed by atoms with Gasteiger partial charge in [-0.15, -0.1) is 0 Å². The maximum Gasteiger partial charge on any atom is 0.252 e. The second-order valence-electron chi connectivity index (χ2n) is 36.7. The Balaban J connectivity index is 0.000000151. The first kappa shape index (κ1) is 94.5. The van der Waals surface area contributed by atoms with Gasteiger partial charge < -0.3 is 91.3 Å². The summed E-state index contributed by atoms with van der Waals surface area (Å²) in [6.45, 7) is 17.6. The van der Waals surface area contributed by atoms with E-state index in [1.165, 1.54) is 44.7 Å². The third-order valence-corrected chi connectivity index (χ3v) is 25.6. The summed E-state index contributed by atoms with van der Waals surface area (Å²) in [7, 11) is 3.65. The number of aliphatic hydroxyl groups is 1. The van der Waals surface area contributed by atoms with E-state index in [1.807, 2.05) is 21.0 Å². The van der Waals surface area contributed by atoms with Crippen LogP contribution in [0, 0.1) is 41.4 Å². The van der Waals surface area contributed by atoms with Crippen LogP contribution in [0.5, 0.6) is 0 Å². The van der Waals surface area contributed by atoms with Crippen LogP contribution >= 0.6 is 0 Å². The summed E-state index contributed by atoms with van der Waals surface area (Å²) >= 11 is 0. The molecule has 678 valence electrons. The van der Waals surface area contributed by atoms with Crippen LogP contribution in [0.2, 0.25) is 0 Å². The molecule has 10 fully saturated rings. The largest absolute Gasteiger partial charge is 0.399 e. The highest BCUT2D eigenvalue weighted by atomic mass is 16.5. The van der Waals surface area contributed by atoms with E-state index in [4.69, 9.17) is 33.4 Å². The summed E-state index contributed by atoms with van der Waals surface area (Å²) in [5.41, 5.74) is 34.3. The van der Waals surface area contributed by atoms with Gasteiger partial charge in [0.1, 0.15) is 11.6 Å². The summed E-state index contributed by atoms with van der Waals surface area (Å²) in [5.74, 6) is 6.18. The minimum atomic E-state index is -0.482. The Morgan fingerprint density at radius 1 is 0.419 bits per heavy atom. The number of hydrogen-bond acceptors (Lipinski definition) is 27. The molecule has 33 nitrogen and oxygen atoms in total. The molecule has 15 rings (SSSR count). The molecule has 10 aliphatic rings. The van der Waals surface area contributed by atoms with Crippen molar-refractivity contribution in [3.05, 3.63) is 89.0 Å².